The van der Waals surface area contributed by atoms with Gasteiger partial charge in [0.1, 0.15) is 0 Å². The number of allylic oxidation sites excluding steroid dienone is 2. The third-order valence-corrected chi connectivity index (χ3v) is 40.5. The molecule has 0 fully saturated rings. The van der Waals surface area contributed by atoms with Crippen molar-refractivity contribution in [2.45, 2.75) is 115 Å². The van der Waals surface area contributed by atoms with Crippen molar-refractivity contribution in [3.8, 4) is 22.3 Å². The SMILES string of the molecule is CCCc1ccccc1-c1cccc2c1C=C(C(C)(C)C)[CH]2[Hf]([Cl])([Cl])([B](NC(=O)CC)NC(=O)CC)[CH]1C(C(C)(C)C)=Cc2c(-c3ccccc3CCC)cccc21. The van der Waals surface area contributed by atoms with Gasteiger partial charge in [-0.3, -0.25) is 0 Å². The van der Waals surface area contributed by atoms with Gasteiger partial charge >= 0.3 is 359 Å². The Morgan fingerprint density at radius 1 is 0.569 bits per heavy atom. The quantitative estimate of drug-likeness (QED) is 0.131. The van der Waals surface area contributed by atoms with Gasteiger partial charge in [0.25, 0.3) is 0 Å². The van der Waals surface area contributed by atoms with Gasteiger partial charge in [-0.2, -0.15) is 0 Å². The second kappa shape index (κ2) is 17.1. The number of fused-ring (bicyclic) bond motifs is 2. The van der Waals surface area contributed by atoms with Crippen LogP contribution in [0.2, 0.25) is 0 Å². The van der Waals surface area contributed by atoms with Gasteiger partial charge in [0.15, 0.2) is 0 Å². The van der Waals surface area contributed by atoms with Crippen LogP contribution < -0.4 is 10.5 Å². The van der Waals surface area contributed by atoms with Crippen molar-refractivity contribution in [2.24, 2.45) is 10.8 Å². The van der Waals surface area contributed by atoms with Crippen molar-refractivity contribution < 1.29 is 25.5 Å². The molecule has 0 aromatic heterocycles. The van der Waals surface area contributed by atoms with E-state index in [1.807, 2.05) is 13.8 Å². The van der Waals surface area contributed by atoms with E-state index in [0.29, 0.717) is 0 Å². The average Bonchev–Trinajstić information content (AvgIpc) is 3.81. The molecule has 2 aliphatic rings. The third-order valence-electron chi connectivity index (χ3n) is 12.4. The van der Waals surface area contributed by atoms with Crippen LogP contribution in [0.4, 0.5) is 0 Å². The Bertz CT molecular complexity index is 2130. The van der Waals surface area contributed by atoms with E-state index in [-0.39, 0.29) is 35.5 Å². The Balaban J connectivity index is 1.76. The maximum absolute atomic E-state index is 13.9. The molecule has 58 heavy (non-hydrogen) atoms. The Hall–Kier alpha value is -3.18. The molecule has 8 heteroatoms. The van der Waals surface area contributed by atoms with Crippen LogP contribution in [-0.4, -0.2) is 16.4 Å². The molecule has 4 nitrogen and oxygen atoms in total. The molecule has 2 amide bonds. The minimum atomic E-state index is -6.34. The monoisotopic (exact) mass is 983 g/mol. The zero-order chi connectivity index (χ0) is 42.2. The first-order chi connectivity index (χ1) is 27.4. The van der Waals surface area contributed by atoms with Crippen molar-refractivity contribution in [3.05, 3.63) is 129 Å². The maximum atomic E-state index is 13.9. The number of hydrogen-bond acceptors (Lipinski definition) is 2. The van der Waals surface area contributed by atoms with Crippen LogP contribution in [0.25, 0.3) is 34.4 Å². The van der Waals surface area contributed by atoms with Crippen molar-refractivity contribution >= 4 is 45.7 Å². The third kappa shape index (κ3) is 8.04. The van der Waals surface area contributed by atoms with E-state index in [2.05, 4.69) is 163 Å². The molecule has 0 spiro atoms. The predicted molar refractivity (Wildman–Crippen MR) is 246 cm³/mol. The summed E-state index contributed by atoms with van der Waals surface area (Å²) in [6.45, 7) is 21.5. The molecule has 0 saturated carbocycles. The van der Waals surface area contributed by atoms with Gasteiger partial charge in [-0.1, -0.05) is 0 Å². The first-order valence-electron chi connectivity index (χ1n) is 21.4. The predicted octanol–water partition coefficient (Wildman–Crippen LogP) is 13.6. The summed E-state index contributed by atoms with van der Waals surface area (Å²) in [5.41, 5.74) is 13.2. The number of carbonyl (C=O) groups is 2. The molecule has 0 heterocycles. The molecular weight excluding hydrogens is 921 g/mol. The van der Waals surface area contributed by atoms with Crippen LogP contribution in [0.5, 0.6) is 0 Å². The number of hydrogen-bond donors (Lipinski definition) is 2. The molecular formula is C50H62BCl2HfN2O2. The minimum absolute atomic E-state index is 0.200. The molecule has 6 rings (SSSR count). The van der Waals surface area contributed by atoms with Crippen LogP contribution in [0, 0.1) is 10.8 Å². The van der Waals surface area contributed by atoms with Gasteiger partial charge in [-0.25, -0.2) is 0 Å². The number of nitrogens with one attached hydrogen (secondary N) is 2. The van der Waals surface area contributed by atoms with Crippen molar-refractivity contribution in [1.29, 1.82) is 0 Å². The van der Waals surface area contributed by atoms with Crippen molar-refractivity contribution in [1.82, 2.24) is 10.5 Å². The van der Waals surface area contributed by atoms with Gasteiger partial charge in [-0.15, -0.1) is 0 Å². The molecule has 4 aromatic rings. The summed E-state index contributed by atoms with van der Waals surface area (Å²) >= 11 is -6.34. The zero-order valence-corrected chi connectivity index (χ0v) is 41.4. The fourth-order valence-corrected chi connectivity index (χ4v) is 39.9. The molecule has 2 unspecified atom stereocenters. The van der Waals surface area contributed by atoms with Crippen molar-refractivity contribution in [2.75, 3.05) is 0 Å². The van der Waals surface area contributed by atoms with Gasteiger partial charge in [0.05, 0.1) is 0 Å². The van der Waals surface area contributed by atoms with E-state index >= 15 is 0 Å². The summed E-state index contributed by atoms with van der Waals surface area (Å²) < 4.78 is -1.88. The molecule has 0 radical (unpaired) electrons. The summed E-state index contributed by atoms with van der Waals surface area (Å²) in [6, 6.07) is 30.5. The van der Waals surface area contributed by atoms with Gasteiger partial charge in [0, 0.05) is 0 Å². The number of benzene rings is 4. The summed E-state index contributed by atoms with van der Waals surface area (Å²) in [5, 5.41) is 6.65. The average molecular weight is 983 g/mol. The number of rotatable bonds is 13. The number of carbonyl (C=O) groups excluding carboxylic acids is 2. The van der Waals surface area contributed by atoms with E-state index < -0.39 is 27.8 Å². The van der Waals surface area contributed by atoms with E-state index in [1.54, 1.807) is 0 Å². The van der Waals surface area contributed by atoms with Crippen LogP contribution in [-0.2, 0) is 38.3 Å². The second-order valence-corrected chi connectivity index (χ2v) is 48.9. The molecule has 0 saturated heterocycles. The first kappa shape index (κ1) is 44.4. The number of amides is 2. The van der Waals surface area contributed by atoms with E-state index in [9.17, 15) is 9.59 Å². The topological polar surface area (TPSA) is 58.2 Å². The van der Waals surface area contributed by atoms with Gasteiger partial charge in [0.2, 0.25) is 0 Å². The van der Waals surface area contributed by atoms with E-state index in [4.69, 9.17) is 17.2 Å². The first-order valence-corrected chi connectivity index (χ1v) is 36.6. The Morgan fingerprint density at radius 3 is 1.28 bits per heavy atom. The van der Waals surface area contributed by atoms with Crippen molar-refractivity contribution in [3.63, 3.8) is 0 Å². The molecule has 2 atom stereocenters. The van der Waals surface area contributed by atoms with Crippen LogP contribution in [0.3, 0.4) is 0 Å². The fourth-order valence-electron chi connectivity index (χ4n) is 9.64. The standard InChI is InChI=1S/2C22H25.C6H11BN2O2.2ClH.Hf/c2*1-5-9-16-10-6-7-12-19(16)20-13-8-11-17-14-18(15-21(17)20)22(2,3)4;1-3-5(10)8-7-9-6(11)4-2;;;/h2*6-8,10-15H,5,9H2,1-4H3;3-4H2,1-2H3,(H-,8,9,10,11);2*1H;/q;;;;;+1/p-1. The van der Waals surface area contributed by atoms with Crippen LogP contribution in [0.1, 0.15) is 136 Å². The Kier molecular flexibility index (Phi) is 13.0. The second-order valence-electron chi connectivity index (χ2n) is 18.5. The van der Waals surface area contributed by atoms with E-state index in [0.717, 1.165) is 70.2 Å². The summed E-state index contributed by atoms with van der Waals surface area (Å²) in [7, 11) is 18.1. The van der Waals surface area contributed by atoms with Crippen LogP contribution >= 0.6 is 17.2 Å². The molecule has 0 aliphatic heterocycles. The normalized spacial score (nSPS) is 17.1. The van der Waals surface area contributed by atoms with E-state index in [1.165, 1.54) is 22.3 Å². The number of aryl methyl sites for hydroxylation is 2. The van der Waals surface area contributed by atoms with Gasteiger partial charge < -0.3 is 0 Å². The fraction of sp³-hybridized carbons (Fsp3) is 0.400. The van der Waals surface area contributed by atoms with Crippen LogP contribution in [0.15, 0.2) is 96.1 Å². The molecule has 4 aromatic carbocycles. The molecule has 2 aliphatic carbocycles. The number of halogens is 2. The van der Waals surface area contributed by atoms with Gasteiger partial charge in [-0.05, 0) is 0 Å². The summed E-state index contributed by atoms with van der Waals surface area (Å²) in [5.74, 6) is -0.400. The molecule has 2 N–H and O–H groups in total. The summed E-state index contributed by atoms with van der Waals surface area (Å²) in [6.07, 6.45) is 9.15. The zero-order valence-electron chi connectivity index (χ0n) is 36.3. The molecule has 305 valence electrons. The Morgan fingerprint density at radius 2 is 0.931 bits per heavy atom. The molecule has 0 bridgehead atoms. The Labute approximate surface area is 356 Å². The summed E-state index contributed by atoms with van der Waals surface area (Å²) in [4.78, 5) is 27.7.